The van der Waals surface area contributed by atoms with Gasteiger partial charge < -0.3 is 14.8 Å². The molecule has 5 nitrogen and oxygen atoms in total. The van der Waals surface area contributed by atoms with Gasteiger partial charge in [-0.3, -0.25) is 0 Å². The first-order valence-electron chi connectivity index (χ1n) is 8.33. The predicted molar refractivity (Wildman–Crippen MR) is 94.9 cm³/mol. The van der Waals surface area contributed by atoms with Crippen LogP contribution in [0.3, 0.4) is 0 Å². The van der Waals surface area contributed by atoms with E-state index < -0.39 is 18.1 Å². The van der Waals surface area contributed by atoms with E-state index in [9.17, 15) is 9.59 Å². The molecule has 1 amide bonds. The maximum absolute atomic E-state index is 11.9. The van der Waals surface area contributed by atoms with E-state index in [4.69, 9.17) is 9.47 Å². The van der Waals surface area contributed by atoms with Gasteiger partial charge in [0, 0.05) is 0 Å². The van der Waals surface area contributed by atoms with E-state index >= 15 is 0 Å². The number of benzene rings is 2. The van der Waals surface area contributed by atoms with Crippen molar-refractivity contribution in [3.05, 3.63) is 71.8 Å². The van der Waals surface area contributed by atoms with E-state index in [2.05, 4.69) is 5.32 Å². The normalized spacial score (nSPS) is 11.4. The molecule has 5 heteroatoms. The Bertz CT molecular complexity index is 658. The zero-order chi connectivity index (χ0) is 17.9. The van der Waals surface area contributed by atoms with Crippen LogP contribution in [0.15, 0.2) is 60.7 Å². The maximum atomic E-state index is 11.9. The van der Waals surface area contributed by atoms with Crippen LogP contribution >= 0.6 is 0 Å². The monoisotopic (exact) mass is 341 g/mol. The third-order valence-corrected chi connectivity index (χ3v) is 3.60. The number of aryl methyl sites for hydroxylation is 1. The van der Waals surface area contributed by atoms with Gasteiger partial charge in [0.05, 0.1) is 6.61 Å². The van der Waals surface area contributed by atoms with Crippen molar-refractivity contribution in [2.24, 2.45) is 0 Å². The summed E-state index contributed by atoms with van der Waals surface area (Å²) in [6.45, 7) is 2.05. The molecule has 0 aliphatic carbocycles. The van der Waals surface area contributed by atoms with Crippen molar-refractivity contribution in [1.82, 2.24) is 5.32 Å². The lowest BCUT2D eigenvalue weighted by atomic mass is 10.1. The summed E-state index contributed by atoms with van der Waals surface area (Å²) in [5.41, 5.74) is 2.09. The number of ether oxygens (including phenoxy) is 2. The lowest BCUT2D eigenvalue weighted by molar-refractivity contribution is -0.145. The van der Waals surface area contributed by atoms with Crippen molar-refractivity contribution in [2.45, 2.75) is 32.4 Å². The van der Waals surface area contributed by atoms with E-state index in [1.54, 1.807) is 6.92 Å². The Morgan fingerprint density at radius 2 is 1.52 bits per heavy atom. The molecule has 0 aromatic heterocycles. The average molecular weight is 341 g/mol. The molecule has 0 aliphatic rings. The first-order chi connectivity index (χ1) is 12.1. The van der Waals surface area contributed by atoms with Gasteiger partial charge in [0.2, 0.25) is 0 Å². The second-order valence-electron chi connectivity index (χ2n) is 5.68. The number of carbonyl (C=O) groups is 2. The highest BCUT2D eigenvalue weighted by Gasteiger charge is 2.17. The van der Waals surface area contributed by atoms with E-state index in [0.717, 1.165) is 18.4 Å². The fourth-order valence-corrected chi connectivity index (χ4v) is 2.22. The van der Waals surface area contributed by atoms with Crippen LogP contribution in [0.25, 0.3) is 0 Å². The molecule has 132 valence electrons. The Balaban J connectivity index is 1.61. The molecule has 1 N–H and O–H groups in total. The molecule has 0 spiro atoms. The van der Waals surface area contributed by atoms with Gasteiger partial charge in [0.25, 0.3) is 0 Å². The molecule has 2 rings (SSSR count). The summed E-state index contributed by atoms with van der Waals surface area (Å²) in [7, 11) is 0. The summed E-state index contributed by atoms with van der Waals surface area (Å²) in [5.74, 6) is -0.468. The van der Waals surface area contributed by atoms with Gasteiger partial charge >= 0.3 is 12.1 Å². The number of esters is 1. The second-order valence-corrected chi connectivity index (χ2v) is 5.68. The zero-order valence-corrected chi connectivity index (χ0v) is 14.3. The van der Waals surface area contributed by atoms with Gasteiger partial charge in [-0.2, -0.15) is 0 Å². The van der Waals surface area contributed by atoms with Gasteiger partial charge in [-0.15, -0.1) is 0 Å². The minimum atomic E-state index is -0.750. The average Bonchev–Trinajstić information content (AvgIpc) is 2.65. The van der Waals surface area contributed by atoms with Crippen LogP contribution in [0.5, 0.6) is 0 Å². The molecule has 0 radical (unpaired) electrons. The van der Waals surface area contributed by atoms with Crippen LogP contribution in [-0.4, -0.2) is 24.7 Å². The molecule has 0 bridgehead atoms. The summed E-state index contributed by atoms with van der Waals surface area (Å²) in [5, 5.41) is 2.47. The van der Waals surface area contributed by atoms with Crippen LogP contribution in [-0.2, 0) is 27.3 Å². The first kappa shape index (κ1) is 18.5. The van der Waals surface area contributed by atoms with Crippen LogP contribution in [0.4, 0.5) is 4.79 Å². The molecular formula is C20H23NO4. The van der Waals surface area contributed by atoms with Gasteiger partial charge in [-0.25, -0.2) is 9.59 Å². The van der Waals surface area contributed by atoms with Crippen LogP contribution in [0.1, 0.15) is 24.5 Å². The van der Waals surface area contributed by atoms with E-state index in [1.807, 2.05) is 60.7 Å². The Hall–Kier alpha value is -2.82. The number of hydrogen-bond donors (Lipinski definition) is 1. The Labute approximate surface area is 148 Å². The zero-order valence-electron chi connectivity index (χ0n) is 14.3. The number of carbonyl (C=O) groups excluding carboxylic acids is 2. The number of alkyl carbamates (subject to hydrolysis) is 1. The van der Waals surface area contributed by atoms with E-state index in [0.29, 0.717) is 6.61 Å². The predicted octanol–water partition coefficient (Wildman–Crippen LogP) is 3.48. The van der Waals surface area contributed by atoms with Gasteiger partial charge in [0.1, 0.15) is 12.6 Å². The van der Waals surface area contributed by atoms with Crippen molar-refractivity contribution in [3.63, 3.8) is 0 Å². The Morgan fingerprint density at radius 3 is 2.16 bits per heavy atom. The molecule has 0 heterocycles. The third-order valence-electron chi connectivity index (χ3n) is 3.60. The van der Waals surface area contributed by atoms with Crippen LogP contribution in [0.2, 0.25) is 0 Å². The van der Waals surface area contributed by atoms with E-state index in [-0.39, 0.29) is 6.61 Å². The molecule has 0 saturated carbocycles. The Morgan fingerprint density at radius 1 is 0.920 bits per heavy atom. The van der Waals surface area contributed by atoms with Gasteiger partial charge in [-0.05, 0) is 30.9 Å². The minimum Gasteiger partial charge on any atom is -0.464 e. The fraction of sp³-hybridized carbons (Fsp3) is 0.300. The maximum Gasteiger partial charge on any atom is 0.408 e. The molecule has 2 aromatic carbocycles. The van der Waals surface area contributed by atoms with Crippen LogP contribution < -0.4 is 5.32 Å². The lowest BCUT2D eigenvalue weighted by Gasteiger charge is -2.13. The van der Waals surface area contributed by atoms with Crippen molar-refractivity contribution in [2.75, 3.05) is 6.61 Å². The summed E-state index contributed by atoms with van der Waals surface area (Å²) in [6.07, 6.45) is 0.938. The topological polar surface area (TPSA) is 64.6 Å². The lowest BCUT2D eigenvalue weighted by Crippen LogP contribution is -2.39. The quantitative estimate of drug-likeness (QED) is 0.590. The summed E-state index contributed by atoms with van der Waals surface area (Å²) < 4.78 is 10.3. The molecule has 0 fully saturated rings. The highest BCUT2D eigenvalue weighted by molar-refractivity contribution is 5.80. The molecule has 0 saturated heterocycles. The fourth-order valence-electron chi connectivity index (χ4n) is 2.22. The van der Waals surface area contributed by atoms with Crippen LogP contribution in [0, 0.1) is 0 Å². The number of amides is 1. The SMILES string of the molecule is C[C@H](NC(=O)OCc1ccccc1)C(=O)OCCCc1ccccc1. The summed E-state index contributed by atoms with van der Waals surface area (Å²) in [4.78, 5) is 23.6. The van der Waals surface area contributed by atoms with E-state index in [1.165, 1.54) is 5.56 Å². The standard InChI is InChI=1S/C20H23NO4/c1-16(21-20(23)25-15-18-11-6-3-7-12-18)19(22)24-14-8-13-17-9-4-2-5-10-17/h2-7,9-12,16H,8,13-15H2,1H3,(H,21,23)/t16-/m0/s1. The molecule has 2 aromatic rings. The Kier molecular flexibility index (Phi) is 7.50. The largest absolute Gasteiger partial charge is 0.464 e. The number of rotatable bonds is 8. The van der Waals surface area contributed by atoms with Gasteiger partial charge in [0.15, 0.2) is 0 Å². The van der Waals surface area contributed by atoms with Gasteiger partial charge in [-0.1, -0.05) is 60.7 Å². The molecule has 0 aliphatic heterocycles. The highest BCUT2D eigenvalue weighted by atomic mass is 16.6. The van der Waals surface area contributed by atoms with Crippen molar-refractivity contribution >= 4 is 12.1 Å². The molecule has 1 atom stereocenters. The molecular weight excluding hydrogens is 318 g/mol. The second kappa shape index (κ2) is 10.1. The third kappa shape index (κ3) is 7.08. The van der Waals surface area contributed by atoms with Crippen molar-refractivity contribution in [1.29, 1.82) is 0 Å². The molecule has 25 heavy (non-hydrogen) atoms. The minimum absolute atomic E-state index is 0.158. The number of hydrogen-bond acceptors (Lipinski definition) is 4. The van der Waals surface area contributed by atoms with Crippen molar-refractivity contribution in [3.8, 4) is 0 Å². The first-order valence-corrected chi connectivity index (χ1v) is 8.33. The summed E-state index contributed by atoms with van der Waals surface area (Å²) in [6, 6.07) is 18.6. The smallest absolute Gasteiger partial charge is 0.408 e. The molecule has 0 unspecified atom stereocenters. The summed E-state index contributed by atoms with van der Waals surface area (Å²) >= 11 is 0. The van der Waals surface area contributed by atoms with Crippen molar-refractivity contribution < 1.29 is 19.1 Å². The highest BCUT2D eigenvalue weighted by Crippen LogP contribution is 2.03. The number of nitrogens with one attached hydrogen (secondary N) is 1.